The van der Waals surface area contributed by atoms with Gasteiger partial charge in [-0.3, -0.25) is 9.10 Å². The molecule has 168 valence electrons. The number of hydrogen-bond acceptors (Lipinski definition) is 4. The van der Waals surface area contributed by atoms with E-state index in [-0.39, 0.29) is 6.54 Å². The van der Waals surface area contributed by atoms with Crippen LogP contribution in [0.15, 0.2) is 59.7 Å². The number of sulfonamides is 1. The normalized spacial score (nSPS) is 11.7. The van der Waals surface area contributed by atoms with Gasteiger partial charge >= 0.3 is 0 Å². The molecule has 0 aliphatic rings. The van der Waals surface area contributed by atoms with Gasteiger partial charge in [-0.2, -0.15) is 5.10 Å². The van der Waals surface area contributed by atoms with Crippen LogP contribution >= 0.6 is 0 Å². The van der Waals surface area contributed by atoms with Gasteiger partial charge in [0.15, 0.2) is 0 Å². The average Bonchev–Trinajstić information content (AvgIpc) is 3.01. The van der Waals surface area contributed by atoms with E-state index in [1.54, 1.807) is 12.3 Å². The summed E-state index contributed by atoms with van der Waals surface area (Å²) < 4.78 is 27.9. The molecule has 32 heavy (non-hydrogen) atoms. The van der Waals surface area contributed by atoms with Crippen molar-refractivity contribution in [1.82, 2.24) is 9.99 Å². The van der Waals surface area contributed by atoms with Crippen LogP contribution in [0.2, 0.25) is 0 Å². The van der Waals surface area contributed by atoms with Gasteiger partial charge in [-0.25, -0.2) is 13.8 Å². The van der Waals surface area contributed by atoms with Gasteiger partial charge in [0.25, 0.3) is 5.91 Å². The Labute approximate surface area is 189 Å². The van der Waals surface area contributed by atoms with Crippen molar-refractivity contribution in [1.29, 1.82) is 0 Å². The number of para-hydroxylation sites is 1. The third-order valence-electron chi connectivity index (χ3n) is 5.20. The lowest BCUT2D eigenvalue weighted by Gasteiger charge is -2.23. The van der Waals surface area contributed by atoms with E-state index in [1.807, 2.05) is 76.2 Å². The number of hydrogen-bond donors (Lipinski definition) is 1. The third-order valence-corrected chi connectivity index (χ3v) is 6.32. The topological polar surface area (TPSA) is 83.8 Å². The van der Waals surface area contributed by atoms with Crippen molar-refractivity contribution in [2.24, 2.45) is 5.10 Å². The SMILES string of the molecule is Cc1ccc(C)c(N(CC(=O)N/N=C\c2cc(C)n(-c3ccccc3)c2C)S(C)(=O)=O)c1. The molecule has 1 amide bonds. The van der Waals surface area contributed by atoms with E-state index in [1.165, 1.54) is 0 Å². The van der Waals surface area contributed by atoms with E-state index in [2.05, 4.69) is 15.1 Å². The largest absolute Gasteiger partial charge is 0.318 e. The first-order valence-electron chi connectivity index (χ1n) is 10.2. The van der Waals surface area contributed by atoms with Crippen LogP contribution in [0.1, 0.15) is 28.1 Å². The van der Waals surface area contributed by atoms with Gasteiger partial charge in [-0.05, 0) is 63.1 Å². The number of nitrogens with zero attached hydrogens (tertiary/aromatic N) is 3. The molecule has 2 aromatic carbocycles. The van der Waals surface area contributed by atoms with Crippen LogP contribution in [0, 0.1) is 27.7 Å². The Kier molecular flexibility index (Phi) is 6.84. The average molecular weight is 453 g/mol. The minimum atomic E-state index is -3.65. The summed E-state index contributed by atoms with van der Waals surface area (Å²) in [4.78, 5) is 12.5. The molecule has 3 aromatic rings. The smallest absolute Gasteiger partial charge is 0.260 e. The number of nitrogens with one attached hydrogen (secondary N) is 1. The van der Waals surface area contributed by atoms with Crippen molar-refractivity contribution >= 4 is 27.8 Å². The summed E-state index contributed by atoms with van der Waals surface area (Å²) >= 11 is 0. The molecule has 3 rings (SSSR count). The summed E-state index contributed by atoms with van der Waals surface area (Å²) in [5.41, 5.74) is 8.54. The molecule has 0 fully saturated rings. The van der Waals surface area contributed by atoms with Crippen molar-refractivity contribution in [3.8, 4) is 5.69 Å². The summed E-state index contributed by atoms with van der Waals surface area (Å²) in [6, 6.07) is 17.4. The second-order valence-electron chi connectivity index (χ2n) is 7.85. The van der Waals surface area contributed by atoms with Crippen LogP contribution in [0.25, 0.3) is 5.69 Å². The van der Waals surface area contributed by atoms with Crippen LogP contribution < -0.4 is 9.73 Å². The summed E-state index contributed by atoms with van der Waals surface area (Å²) in [6.45, 7) is 7.31. The number of anilines is 1. The predicted octanol–water partition coefficient (Wildman–Crippen LogP) is 3.63. The number of amides is 1. The minimum Gasteiger partial charge on any atom is -0.318 e. The first-order valence-corrected chi connectivity index (χ1v) is 12.0. The van der Waals surface area contributed by atoms with Crippen molar-refractivity contribution in [3.05, 3.63) is 82.7 Å². The van der Waals surface area contributed by atoms with E-state index >= 15 is 0 Å². The molecule has 1 heterocycles. The Morgan fingerprint density at radius 1 is 1.06 bits per heavy atom. The van der Waals surface area contributed by atoms with Crippen molar-refractivity contribution in [3.63, 3.8) is 0 Å². The van der Waals surface area contributed by atoms with Crippen LogP contribution in [0.5, 0.6) is 0 Å². The Morgan fingerprint density at radius 3 is 2.41 bits per heavy atom. The Balaban J connectivity index is 1.76. The van der Waals surface area contributed by atoms with Gasteiger partial charge in [-0.1, -0.05) is 30.3 Å². The Hall–Kier alpha value is -3.39. The zero-order valence-electron chi connectivity index (χ0n) is 19.0. The van der Waals surface area contributed by atoms with Crippen LogP contribution in [0.4, 0.5) is 5.69 Å². The Morgan fingerprint density at radius 2 is 1.75 bits per heavy atom. The zero-order chi connectivity index (χ0) is 23.5. The fourth-order valence-corrected chi connectivity index (χ4v) is 4.51. The summed E-state index contributed by atoms with van der Waals surface area (Å²) in [5.74, 6) is -0.524. The van der Waals surface area contributed by atoms with Gasteiger partial charge in [0.2, 0.25) is 10.0 Å². The quantitative estimate of drug-likeness (QED) is 0.439. The Bertz CT molecular complexity index is 1260. The van der Waals surface area contributed by atoms with E-state index in [9.17, 15) is 13.2 Å². The third kappa shape index (κ3) is 5.26. The zero-order valence-corrected chi connectivity index (χ0v) is 19.8. The maximum Gasteiger partial charge on any atom is 0.260 e. The highest BCUT2D eigenvalue weighted by Crippen LogP contribution is 2.24. The van der Waals surface area contributed by atoms with Gasteiger partial charge in [-0.15, -0.1) is 0 Å². The van der Waals surface area contributed by atoms with E-state index in [4.69, 9.17) is 0 Å². The first kappa shape index (κ1) is 23.3. The first-order chi connectivity index (χ1) is 15.1. The van der Waals surface area contributed by atoms with Crippen LogP contribution in [0.3, 0.4) is 0 Å². The number of carbonyl (C=O) groups excluding carboxylic acids is 1. The highest BCUT2D eigenvalue weighted by molar-refractivity contribution is 7.92. The molecule has 0 bridgehead atoms. The van der Waals surface area contributed by atoms with Crippen LogP contribution in [-0.4, -0.2) is 37.9 Å². The molecule has 0 unspecified atom stereocenters. The number of rotatable bonds is 7. The standard InChI is InChI=1S/C24H28N4O3S/c1-17-11-12-18(2)23(13-17)27(32(5,30)31)16-24(29)26-25-15-21-14-19(3)28(20(21)4)22-9-7-6-8-10-22/h6-15H,16H2,1-5H3,(H,26,29)/b25-15-. The van der Waals surface area contributed by atoms with Gasteiger partial charge in [0, 0.05) is 22.6 Å². The van der Waals surface area contributed by atoms with E-state index in [0.717, 1.165) is 44.3 Å². The maximum absolute atomic E-state index is 12.5. The second kappa shape index (κ2) is 9.40. The van der Waals surface area contributed by atoms with Crippen molar-refractivity contribution in [2.45, 2.75) is 27.7 Å². The summed E-state index contributed by atoms with van der Waals surface area (Å²) in [7, 11) is -3.65. The second-order valence-corrected chi connectivity index (χ2v) is 9.76. The molecule has 8 heteroatoms. The molecule has 0 saturated heterocycles. The molecule has 0 aliphatic carbocycles. The van der Waals surface area contributed by atoms with E-state index < -0.39 is 15.9 Å². The number of aryl methyl sites for hydroxylation is 3. The molecular weight excluding hydrogens is 424 g/mol. The lowest BCUT2D eigenvalue weighted by molar-refractivity contribution is -0.119. The number of benzene rings is 2. The molecule has 0 radical (unpaired) electrons. The molecule has 7 nitrogen and oxygen atoms in total. The van der Waals surface area contributed by atoms with Crippen molar-refractivity contribution in [2.75, 3.05) is 17.1 Å². The molecule has 1 N–H and O–H groups in total. The molecule has 0 aliphatic heterocycles. The minimum absolute atomic E-state index is 0.358. The summed E-state index contributed by atoms with van der Waals surface area (Å²) in [5, 5.41) is 4.06. The monoisotopic (exact) mass is 452 g/mol. The fourth-order valence-electron chi connectivity index (χ4n) is 3.60. The lowest BCUT2D eigenvalue weighted by Crippen LogP contribution is -2.39. The lowest BCUT2D eigenvalue weighted by atomic mass is 10.1. The maximum atomic E-state index is 12.5. The highest BCUT2D eigenvalue weighted by Gasteiger charge is 2.22. The predicted molar refractivity (Wildman–Crippen MR) is 129 cm³/mol. The van der Waals surface area contributed by atoms with Gasteiger partial charge in [0.1, 0.15) is 6.54 Å². The molecule has 0 saturated carbocycles. The number of hydrazone groups is 1. The fraction of sp³-hybridized carbons (Fsp3) is 0.250. The van der Waals surface area contributed by atoms with E-state index in [0.29, 0.717) is 5.69 Å². The molecule has 0 spiro atoms. The highest BCUT2D eigenvalue weighted by atomic mass is 32.2. The number of carbonyl (C=O) groups is 1. The molecule has 1 aromatic heterocycles. The number of aromatic nitrogens is 1. The van der Waals surface area contributed by atoms with Crippen LogP contribution in [-0.2, 0) is 14.8 Å². The molecule has 0 atom stereocenters. The van der Waals surface area contributed by atoms with Crippen molar-refractivity contribution < 1.29 is 13.2 Å². The van der Waals surface area contributed by atoms with Gasteiger partial charge < -0.3 is 4.57 Å². The summed E-state index contributed by atoms with van der Waals surface area (Å²) in [6.07, 6.45) is 2.66. The molecular formula is C24H28N4O3S. The van der Waals surface area contributed by atoms with Gasteiger partial charge in [0.05, 0.1) is 18.2 Å².